The average Bonchev–Trinajstić information content (AvgIpc) is 2.29. The first-order chi connectivity index (χ1) is 8.08. The molecule has 0 saturated heterocycles. The molecule has 1 unspecified atom stereocenters. The summed E-state index contributed by atoms with van der Waals surface area (Å²) in [6, 6.07) is 14.9. The molecule has 2 aromatic carbocycles. The standard InChI is InChI=1S/C16H19N/c1-11-4-6-14(7-5-11)13(3)16-9-8-15(17)10-12(16)2/h4-10,13H,17H2,1-3H3. The average molecular weight is 225 g/mol. The molecule has 0 amide bonds. The fraction of sp³-hybridized carbons (Fsp3) is 0.250. The Morgan fingerprint density at radius 2 is 1.59 bits per heavy atom. The van der Waals surface area contributed by atoms with Crippen LogP contribution in [-0.4, -0.2) is 0 Å². The van der Waals surface area contributed by atoms with Gasteiger partial charge in [0, 0.05) is 11.6 Å². The molecule has 0 saturated carbocycles. The van der Waals surface area contributed by atoms with Gasteiger partial charge in [-0.3, -0.25) is 0 Å². The minimum atomic E-state index is 0.413. The Kier molecular flexibility index (Phi) is 3.19. The van der Waals surface area contributed by atoms with Gasteiger partial charge in [0.1, 0.15) is 0 Å². The van der Waals surface area contributed by atoms with E-state index in [1.165, 1.54) is 22.3 Å². The molecule has 0 heterocycles. The van der Waals surface area contributed by atoms with Crippen molar-refractivity contribution < 1.29 is 0 Å². The quantitative estimate of drug-likeness (QED) is 0.767. The van der Waals surface area contributed by atoms with Crippen molar-refractivity contribution in [3.05, 3.63) is 64.7 Å². The normalized spacial score (nSPS) is 12.4. The summed E-state index contributed by atoms with van der Waals surface area (Å²) in [6.07, 6.45) is 0. The van der Waals surface area contributed by atoms with Crippen LogP contribution >= 0.6 is 0 Å². The van der Waals surface area contributed by atoms with Gasteiger partial charge in [-0.15, -0.1) is 0 Å². The van der Waals surface area contributed by atoms with E-state index in [1.54, 1.807) is 0 Å². The predicted molar refractivity (Wildman–Crippen MR) is 74.3 cm³/mol. The number of nitrogen functional groups attached to an aromatic ring is 1. The second-order valence-electron chi connectivity index (χ2n) is 4.75. The zero-order valence-electron chi connectivity index (χ0n) is 10.7. The summed E-state index contributed by atoms with van der Waals surface area (Å²) in [5.74, 6) is 0.413. The monoisotopic (exact) mass is 225 g/mol. The zero-order valence-corrected chi connectivity index (χ0v) is 10.7. The number of hydrogen-bond acceptors (Lipinski definition) is 1. The fourth-order valence-electron chi connectivity index (χ4n) is 2.22. The van der Waals surface area contributed by atoms with Crippen LogP contribution in [0.15, 0.2) is 42.5 Å². The molecule has 1 atom stereocenters. The number of anilines is 1. The molecule has 0 aliphatic rings. The SMILES string of the molecule is Cc1ccc(C(C)c2ccc(N)cc2C)cc1. The lowest BCUT2D eigenvalue weighted by molar-refractivity contribution is 0.910. The maximum Gasteiger partial charge on any atom is 0.0316 e. The molecule has 2 rings (SSSR count). The van der Waals surface area contributed by atoms with Crippen LogP contribution in [-0.2, 0) is 0 Å². The van der Waals surface area contributed by atoms with Crippen LogP contribution in [0.2, 0.25) is 0 Å². The summed E-state index contributed by atoms with van der Waals surface area (Å²) in [6.45, 7) is 6.47. The van der Waals surface area contributed by atoms with Gasteiger partial charge in [0.2, 0.25) is 0 Å². The van der Waals surface area contributed by atoms with Crippen LogP contribution in [0.1, 0.15) is 35.1 Å². The molecular formula is C16H19N. The Labute approximate surface area is 103 Å². The van der Waals surface area contributed by atoms with Crippen molar-refractivity contribution in [2.75, 3.05) is 5.73 Å². The van der Waals surface area contributed by atoms with Crippen molar-refractivity contribution >= 4 is 5.69 Å². The smallest absolute Gasteiger partial charge is 0.0316 e. The van der Waals surface area contributed by atoms with Gasteiger partial charge in [0.15, 0.2) is 0 Å². The Bertz CT molecular complexity index is 512. The lowest BCUT2D eigenvalue weighted by Crippen LogP contribution is -1.99. The molecule has 0 aromatic heterocycles. The van der Waals surface area contributed by atoms with Crippen molar-refractivity contribution in [1.82, 2.24) is 0 Å². The van der Waals surface area contributed by atoms with Gasteiger partial charge in [-0.05, 0) is 42.7 Å². The predicted octanol–water partition coefficient (Wildman–Crippen LogP) is 4.04. The largest absolute Gasteiger partial charge is 0.399 e. The molecule has 0 spiro atoms. The van der Waals surface area contributed by atoms with E-state index < -0.39 is 0 Å². The first-order valence-electron chi connectivity index (χ1n) is 6.00. The lowest BCUT2D eigenvalue weighted by atomic mass is 9.89. The van der Waals surface area contributed by atoms with Crippen LogP contribution in [0.25, 0.3) is 0 Å². The van der Waals surface area contributed by atoms with Gasteiger partial charge in [-0.1, -0.05) is 42.8 Å². The highest BCUT2D eigenvalue weighted by Crippen LogP contribution is 2.27. The Hall–Kier alpha value is -1.76. The minimum absolute atomic E-state index is 0.413. The van der Waals surface area contributed by atoms with Crippen LogP contribution in [0.4, 0.5) is 5.69 Å². The highest BCUT2D eigenvalue weighted by atomic mass is 14.5. The second-order valence-corrected chi connectivity index (χ2v) is 4.75. The molecule has 0 radical (unpaired) electrons. The molecule has 2 aromatic rings. The Morgan fingerprint density at radius 3 is 2.18 bits per heavy atom. The number of aryl methyl sites for hydroxylation is 2. The Balaban J connectivity index is 2.36. The lowest BCUT2D eigenvalue weighted by Gasteiger charge is -2.16. The van der Waals surface area contributed by atoms with Crippen molar-refractivity contribution in [1.29, 1.82) is 0 Å². The van der Waals surface area contributed by atoms with E-state index >= 15 is 0 Å². The maximum atomic E-state index is 5.79. The van der Waals surface area contributed by atoms with Gasteiger partial charge < -0.3 is 5.73 Å². The van der Waals surface area contributed by atoms with Crippen LogP contribution < -0.4 is 5.73 Å². The third-order valence-corrected chi connectivity index (χ3v) is 3.34. The highest BCUT2D eigenvalue weighted by Gasteiger charge is 2.10. The van der Waals surface area contributed by atoms with E-state index in [9.17, 15) is 0 Å². The van der Waals surface area contributed by atoms with Crippen molar-refractivity contribution in [2.24, 2.45) is 0 Å². The summed E-state index contributed by atoms with van der Waals surface area (Å²) in [7, 11) is 0. The molecule has 88 valence electrons. The number of benzene rings is 2. The molecule has 17 heavy (non-hydrogen) atoms. The summed E-state index contributed by atoms with van der Waals surface area (Å²) >= 11 is 0. The second kappa shape index (κ2) is 4.62. The first-order valence-corrected chi connectivity index (χ1v) is 6.00. The van der Waals surface area contributed by atoms with Gasteiger partial charge >= 0.3 is 0 Å². The van der Waals surface area contributed by atoms with E-state index in [4.69, 9.17) is 5.73 Å². The van der Waals surface area contributed by atoms with Crippen LogP contribution in [0.3, 0.4) is 0 Å². The van der Waals surface area contributed by atoms with Crippen molar-refractivity contribution in [3.8, 4) is 0 Å². The molecule has 0 aliphatic heterocycles. The third-order valence-electron chi connectivity index (χ3n) is 3.34. The molecule has 0 bridgehead atoms. The highest BCUT2D eigenvalue weighted by molar-refractivity contribution is 5.47. The first kappa shape index (κ1) is 11.7. The van der Waals surface area contributed by atoms with Gasteiger partial charge in [0.25, 0.3) is 0 Å². The Morgan fingerprint density at radius 1 is 0.941 bits per heavy atom. The molecule has 0 aliphatic carbocycles. The summed E-state index contributed by atoms with van der Waals surface area (Å²) in [4.78, 5) is 0. The minimum Gasteiger partial charge on any atom is -0.399 e. The molecule has 0 fully saturated rings. The third kappa shape index (κ3) is 2.50. The number of rotatable bonds is 2. The van der Waals surface area contributed by atoms with Gasteiger partial charge in [0.05, 0.1) is 0 Å². The number of nitrogens with two attached hydrogens (primary N) is 1. The summed E-state index contributed by atoms with van der Waals surface area (Å²) in [5.41, 5.74) is 11.9. The zero-order chi connectivity index (χ0) is 12.4. The van der Waals surface area contributed by atoms with Crippen LogP contribution in [0.5, 0.6) is 0 Å². The van der Waals surface area contributed by atoms with Crippen molar-refractivity contribution in [3.63, 3.8) is 0 Å². The maximum absolute atomic E-state index is 5.79. The molecular weight excluding hydrogens is 206 g/mol. The fourth-order valence-corrected chi connectivity index (χ4v) is 2.22. The van der Waals surface area contributed by atoms with Gasteiger partial charge in [-0.25, -0.2) is 0 Å². The number of hydrogen-bond donors (Lipinski definition) is 1. The molecule has 1 heteroatoms. The molecule has 2 N–H and O–H groups in total. The van der Waals surface area contributed by atoms with E-state index in [1.807, 2.05) is 12.1 Å². The van der Waals surface area contributed by atoms with Crippen molar-refractivity contribution in [2.45, 2.75) is 26.7 Å². The van der Waals surface area contributed by atoms with E-state index in [0.717, 1.165) is 5.69 Å². The van der Waals surface area contributed by atoms with Gasteiger partial charge in [-0.2, -0.15) is 0 Å². The van der Waals surface area contributed by atoms with Crippen LogP contribution in [0, 0.1) is 13.8 Å². The summed E-state index contributed by atoms with van der Waals surface area (Å²) < 4.78 is 0. The van der Waals surface area contributed by atoms with E-state index in [0.29, 0.717) is 5.92 Å². The summed E-state index contributed by atoms with van der Waals surface area (Å²) in [5, 5.41) is 0. The molecule has 1 nitrogen and oxygen atoms in total. The van der Waals surface area contributed by atoms with E-state index in [-0.39, 0.29) is 0 Å². The van der Waals surface area contributed by atoms with E-state index in [2.05, 4.69) is 51.1 Å². The topological polar surface area (TPSA) is 26.0 Å².